The molecule has 0 aliphatic heterocycles. The SMILES string of the molecule is Cc1ccc(CC(CCl)c2ccccc2F)cc1. The van der Waals surface area contributed by atoms with Crippen LogP contribution in [0.1, 0.15) is 22.6 Å². The summed E-state index contributed by atoms with van der Waals surface area (Å²) in [4.78, 5) is 0. The summed E-state index contributed by atoms with van der Waals surface area (Å²) in [6.45, 7) is 2.06. The fourth-order valence-corrected chi connectivity index (χ4v) is 2.34. The van der Waals surface area contributed by atoms with E-state index in [9.17, 15) is 4.39 Å². The molecule has 18 heavy (non-hydrogen) atoms. The van der Waals surface area contributed by atoms with Gasteiger partial charge in [-0.1, -0.05) is 48.0 Å². The fraction of sp³-hybridized carbons (Fsp3) is 0.250. The molecule has 2 aromatic carbocycles. The molecule has 94 valence electrons. The predicted molar refractivity (Wildman–Crippen MR) is 74.7 cm³/mol. The summed E-state index contributed by atoms with van der Waals surface area (Å²) in [6.07, 6.45) is 0.769. The van der Waals surface area contributed by atoms with Crippen molar-refractivity contribution in [2.75, 3.05) is 5.88 Å². The highest BCUT2D eigenvalue weighted by atomic mass is 35.5. The van der Waals surface area contributed by atoms with Gasteiger partial charge in [0.2, 0.25) is 0 Å². The summed E-state index contributed by atoms with van der Waals surface area (Å²) in [5.74, 6) is 0.278. The van der Waals surface area contributed by atoms with Crippen molar-refractivity contribution in [3.63, 3.8) is 0 Å². The van der Waals surface area contributed by atoms with E-state index in [1.54, 1.807) is 6.07 Å². The molecule has 1 atom stereocenters. The number of hydrogen-bond donors (Lipinski definition) is 0. The van der Waals surface area contributed by atoms with E-state index in [2.05, 4.69) is 31.2 Å². The molecular weight excluding hydrogens is 247 g/mol. The number of rotatable bonds is 4. The summed E-state index contributed by atoms with van der Waals surface area (Å²) < 4.78 is 13.7. The minimum absolute atomic E-state index is 0.0237. The van der Waals surface area contributed by atoms with E-state index < -0.39 is 0 Å². The highest BCUT2D eigenvalue weighted by Gasteiger charge is 2.14. The van der Waals surface area contributed by atoms with Gasteiger partial charge in [-0.2, -0.15) is 0 Å². The monoisotopic (exact) mass is 262 g/mol. The fourth-order valence-electron chi connectivity index (χ4n) is 2.06. The molecule has 0 bridgehead atoms. The Bertz CT molecular complexity index is 505. The second kappa shape index (κ2) is 6.01. The average Bonchev–Trinajstić information content (AvgIpc) is 2.39. The number of hydrogen-bond acceptors (Lipinski definition) is 0. The molecule has 0 aromatic heterocycles. The molecule has 0 amide bonds. The van der Waals surface area contributed by atoms with Crippen LogP contribution >= 0.6 is 11.6 Å². The molecule has 1 unspecified atom stereocenters. The lowest BCUT2D eigenvalue weighted by Gasteiger charge is -2.15. The van der Waals surface area contributed by atoms with Crippen molar-refractivity contribution in [3.05, 3.63) is 71.0 Å². The zero-order chi connectivity index (χ0) is 13.0. The van der Waals surface area contributed by atoms with E-state index in [0.29, 0.717) is 11.4 Å². The van der Waals surface area contributed by atoms with Crippen LogP contribution in [-0.2, 0) is 6.42 Å². The van der Waals surface area contributed by atoms with Crippen molar-refractivity contribution in [2.45, 2.75) is 19.3 Å². The van der Waals surface area contributed by atoms with Gasteiger partial charge in [0.05, 0.1) is 0 Å². The third kappa shape index (κ3) is 3.11. The lowest BCUT2D eigenvalue weighted by atomic mass is 9.93. The van der Waals surface area contributed by atoms with E-state index in [-0.39, 0.29) is 11.7 Å². The molecule has 2 heteroatoms. The molecule has 0 fully saturated rings. The molecular formula is C16H16ClF. The van der Waals surface area contributed by atoms with Crippen molar-refractivity contribution in [1.29, 1.82) is 0 Å². The van der Waals surface area contributed by atoms with Crippen molar-refractivity contribution in [2.24, 2.45) is 0 Å². The Hall–Kier alpha value is -1.34. The quantitative estimate of drug-likeness (QED) is 0.701. The molecule has 0 spiro atoms. The van der Waals surface area contributed by atoms with Crippen LogP contribution in [0.5, 0.6) is 0 Å². The third-order valence-electron chi connectivity index (χ3n) is 3.13. The Balaban J connectivity index is 2.20. The van der Waals surface area contributed by atoms with Gasteiger partial charge >= 0.3 is 0 Å². The maximum atomic E-state index is 13.7. The summed E-state index contributed by atoms with van der Waals surface area (Å²) in [6, 6.07) is 15.2. The van der Waals surface area contributed by atoms with Crippen LogP contribution < -0.4 is 0 Å². The molecule has 0 saturated heterocycles. The van der Waals surface area contributed by atoms with Crippen LogP contribution in [0.25, 0.3) is 0 Å². The van der Waals surface area contributed by atoms with Crippen LogP contribution in [-0.4, -0.2) is 5.88 Å². The van der Waals surface area contributed by atoms with Crippen molar-refractivity contribution in [3.8, 4) is 0 Å². The van der Waals surface area contributed by atoms with Crippen LogP contribution in [0.2, 0.25) is 0 Å². The van der Waals surface area contributed by atoms with E-state index >= 15 is 0 Å². The van der Waals surface area contributed by atoms with Gasteiger partial charge in [0, 0.05) is 11.8 Å². The molecule has 2 aromatic rings. The van der Waals surface area contributed by atoms with Gasteiger partial charge in [-0.05, 0) is 30.5 Å². The first-order valence-corrected chi connectivity index (χ1v) is 6.60. The van der Waals surface area contributed by atoms with Crippen molar-refractivity contribution < 1.29 is 4.39 Å². The Morgan fingerprint density at radius 3 is 2.33 bits per heavy atom. The number of benzene rings is 2. The average molecular weight is 263 g/mol. The van der Waals surface area contributed by atoms with Crippen molar-refractivity contribution in [1.82, 2.24) is 0 Å². The van der Waals surface area contributed by atoms with E-state index in [1.165, 1.54) is 17.2 Å². The second-order valence-electron chi connectivity index (χ2n) is 4.56. The molecule has 0 aliphatic rings. The first-order chi connectivity index (χ1) is 8.70. The largest absolute Gasteiger partial charge is 0.207 e. The van der Waals surface area contributed by atoms with Gasteiger partial charge in [0.25, 0.3) is 0 Å². The Labute approximate surface area is 112 Å². The van der Waals surface area contributed by atoms with Gasteiger partial charge in [0.15, 0.2) is 0 Å². The topological polar surface area (TPSA) is 0 Å². The minimum Gasteiger partial charge on any atom is -0.207 e. The molecule has 2 rings (SSSR count). The molecule has 0 radical (unpaired) electrons. The Morgan fingerprint density at radius 2 is 1.72 bits per heavy atom. The van der Waals surface area contributed by atoms with E-state index in [1.807, 2.05) is 12.1 Å². The lowest BCUT2D eigenvalue weighted by Crippen LogP contribution is -2.07. The first-order valence-electron chi connectivity index (χ1n) is 6.06. The minimum atomic E-state index is -0.171. The maximum Gasteiger partial charge on any atom is 0.126 e. The van der Waals surface area contributed by atoms with Gasteiger partial charge in [0.1, 0.15) is 5.82 Å². The van der Waals surface area contributed by atoms with Gasteiger partial charge in [-0.3, -0.25) is 0 Å². The maximum absolute atomic E-state index is 13.7. The molecule has 0 heterocycles. The Kier molecular flexibility index (Phi) is 4.38. The summed E-state index contributed by atoms with van der Waals surface area (Å²) >= 11 is 5.99. The predicted octanol–water partition coefficient (Wildman–Crippen LogP) is 4.70. The number of alkyl halides is 1. The Morgan fingerprint density at radius 1 is 1.06 bits per heavy atom. The van der Waals surface area contributed by atoms with Crippen molar-refractivity contribution >= 4 is 11.6 Å². The van der Waals surface area contributed by atoms with Crippen LogP contribution in [0.3, 0.4) is 0 Å². The van der Waals surface area contributed by atoms with E-state index in [0.717, 1.165) is 6.42 Å². The van der Waals surface area contributed by atoms with Crippen LogP contribution in [0.15, 0.2) is 48.5 Å². The second-order valence-corrected chi connectivity index (χ2v) is 4.87. The zero-order valence-corrected chi connectivity index (χ0v) is 11.1. The number of aryl methyl sites for hydroxylation is 1. The first kappa shape index (κ1) is 13.1. The number of halogens is 2. The summed E-state index contributed by atoms with van der Waals surface area (Å²) in [5.41, 5.74) is 3.12. The van der Waals surface area contributed by atoms with Gasteiger partial charge in [-0.15, -0.1) is 11.6 Å². The standard InChI is InChI=1S/C16H16ClF/c1-12-6-8-13(9-7-12)10-14(11-17)15-4-2-3-5-16(15)18/h2-9,14H,10-11H2,1H3. The summed E-state index contributed by atoms with van der Waals surface area (Å²) in [5, 5.41) is 0. The van der Waals surface area contributed by atoms with Gasteiger partial charge in [-0.25, -0.2) is 4.39 Å². The zero-order valence-electron chi connectivity index (χ0n) is 10.4. The highest BCUT2D eigenvalue weighted by Crippen LogP contribution is 2.24. The normalized spacial score (nSPS) is 12.4. The van der Waals surface area contributed by atoms with Crippen LogP contribution in [0, 0.1) is 12.7 Å². The van der Waals surface area contributed by atoms with E-state index in [4.69, 9.17) is 11.6 Å². The molecule has 0 N–H and O–H groups in total. The molecule has 0 saturated carbocycles. The summed E-state index contributed by atoms with van der Waals surface area (Å²) in [7, 11) is 0. The lowest BCUT2D eigenvalue weighted by molar-refractivity contribution is 0.589. The molecule has 0 aliphatic carbocycles. The third-order valence-corrected chi connectivity index (χ3v) is 3.51. The smallest absolute Gasteiger partial charge is 0.126 e. The van der Waals surface area contributed by atoms with Crippen LogP contribution in [0.4, 0.5) is 4.39 Å². The van der Waals surface area contributed by atoms with Gasteiger partial charge < -0.3 is 0 Å². The molecule has 0 nitrogen and oxygen atoms in total. The highest BCUT2D eigenvalue weighted by molar-refractivity contribution is 6.18.